The van der Waals surface area contributed by atoms with Crippen LogP contribution in [0, 0.1) is 0 Å². The highest BCUT2D eigenvalue weighted by Crippen LogP contribution is 2.29. The first-order valence-corrected chi connectivity index (χ1v) is 11.7. The molecule has 2 aliphatic rings. The van der Waals surface area contributed by atoms with Gasteiger partial charge in [-0.15, -0.1) is 0 Å². The van der Waals surface area contributed by atoms with Crippen molar-refractivity contribution in [3.8, 4) is 0 Å². The second kappa shape index (κ2) is 9.38. The van der Waals surface area contributed by atoms with E-state index in [1.165, 1.54) is 11.3 Å². The zero-order valence-electron chi connectivity index (χ0n) is 18.9. The predicted octanol–water partition coefficient (Wildman–Crippen LogP) is 2.89. The first-order valence-electron chi connectivity index (χ1n) is 11.7. The molecular formula is C25H32N6O. The number of carbonyl (C=O) groups excluding carboxylic acids is 1. The highest BCUT2D eigenvalue weighted by atomic mass is 16.2. The molecule has 5 rings (SSSR count). The van der Waals surface area contributed by atoms with Crippen LogP contribution in [0.25, 0.3) is 5.65 Å². The largest absolute Gasteiger partial charge is 0.336 e. The van der Waals surface area contributed by atoms with Crippen LogP contribution < -0.4 is 0 Å². The van der Waals surface area contributed by atoms with E-state index in [-0.39, 0.29) is 5.91 Å². The van der Waals surface area contributed by atoms with Gasteiger partial charge >= 0.3 is 0 Å². The molecule has 0 unspecified atom stereocenters. The zero-order valence-corrected chi connectivity index (χ0v) is 18.9. The number of likely N-dealkylation sites (tertiary alicyclic amines) is 1. The Kier molecular flexibility index (Phi) is 6.19. The summed E-state index contributed by atoms with van der Waals surface area (Å²) in [4.78, 5) is 29.0. The molecule has 4 heterocycles. The molecule has 2 fully saturated rings. The quantitative estimate of drug-likeness (QED) is 0.635. The molecule has 32 heavy (non-hydrogen) atoms. The number of imidazole rings is 1. The van der Waals surface area contributed by atoms with Crippen LogP contribution in [-0.2, 0) is 6.54 Å². The number of fused-ring (bicyclic) bond motifs is 1. The molecule has 2 saturated heterocycles. The van der Waals surface area contributed by atoms with Crippen LogP contribution in [0.4, 0.5) is 0 Å². The highest BCUT2D eigenvalue weighted by Gasteiger charge is 2.26. The van der Waals surface area contributed by atoms with Gasteiger partial charge < -0.3 is 9.80 Å². The summed E-state index contributed by atoms with van der Waals surface area (Å²) in [6.45, 7) is 6.61. The van der Waals surface area contributed by atoms with E-state index < -0.39 is 0 Å². The Morgan fingerprint density at radius 3 is 2.59 bits per heavy atom. The molecule has 1 amide bonds. The van der Waals surface area contributed by atoms with Crippen molar-refractivity contribution in [1.29, 1.82) is 0 Å². The molecule has 0 N–H and O–H groups in total. The number of rotatable bonds is 4. The van der Waals surface area contributed by atoms with E-state index in [0.29, 0.717) is 17.3 Å². The third-order valence-electron chi connectivity index (χ3n) is 6.93. The van der Waals surface area contributed by atoms with Crippen molar-refractivity contribution in [3.63, 3.8) is 0 Å². The van der Waals surface area contributed by atoms with E-state index in [2.05, 4.69) is 67.6 Å². The van der Waals surface area contributed by atoms with Crippen molar-refractivity contribution in [2.75, 3.05) is 46.3 Å². The van der Waals surface area contributed by atoms with Crippen molar-refractivity contribution < 1.29 is 4.79 Å². The molecular weight excluding hydrogens is 400 g/mol. The molecule has 0 spiro atoms. The molecule has 2 aliphatic heterocycles. The van der Waals surface area contributed by atoms with Crippen LogP contribution in [0.15, 0.2) is 48.9 Å². The van der Waals surface area contributed by atoms with Crippen molar-refractivity contribution in [2.45, 2.75) is 31.7 Å². The van der Waals surface area contributed by atoms with Crippen LogP contribution in [0.5, 0.6) is 0 Å². The molecule has 0 aliphatic carbocycles. The third-order valence-corrected chi connectivity index (χ3v) is 6.93. The summed E-state index contributed by atoms with van der Waals surface area (Å²) in [7, 11) is 2.11. The molecule has 7 nitrogen and oxygen atoms in total. The van der Waals surface area contributed by atoms with Crippen LogP contribution in [-0.4, -0.2) is 81.3 Å². The number of piperidine rings is 1. The van der Waals surface area contributed by atoms with E-state index in [1.54, 1.807) is 6.33 Å². The van der Waals surface area contributed by atoms with E-state index in [4.69, 9.17) is 0 Å². The lowest BCUT2D eigenvalue weighted by molar-refractivity contribution is 0.0759. The van der Waals surface area contributed by atoms with Gasteiger partial charge in [0.15, 0.2) is 11.3 Å². The summed E-state index contributed by atoms with van der Waals surface area (Å²) in [6, 6.07) is 12.8. The Labute approximate surface area is 189 Å². The number of aromatic nitrogens is 3. The summed E-state index contributed by atoms with van der Waals surface area (Å²) in [6.07, 6.45) is 6.84. The summed E-state index contributed by atoms with van der Waals surface area (Å²) >= 11 is 0. The average Bonchev–Trinajstić information content (AvgIpc) is 3.14. The van der Waals surface area contributed by atoms with E-state index in [0.717, 1.165) is 65.1 Å². The first-order chi connectivity index (χ1) is 15.7. The van der Waals surface area contributed by atoms with Crippen molar-refractivity contribution in [2.24, 2.45) is 0 Å². The summed E-state index contributed by atoms with van der Waals surface area (Å²) < 4.78 is 2.05. The Balaban J connectivity index is 1.30. The molecule has 0 atom stereocenters. The molecule has 7 heteroatoms. The fourth-order valence-corrected chi connectivity index (χ4v) is 5.03. The number of likely N-dealkylation sites (N-methyl/N-ethyl adjacent to an activating group) is 1. The van der Waals surface area contributed by atoms with E-state index >= 15 is 0 Å². The minimum atomic E-state index is 0.00475. The number of nitrogens with zero attached hydrogens (tertiary/aromatic N) is 6. The van der Waals surface area contributed by atoms with Crippen molar-refractivity contribution in [3.05, 3.63) is 65.9 Å². The molecule has 1 aromatic carbocycles. The summed E-state index contributed by atoms with van der Waals surface area (Å²) in [5.41, 5.74) is 3.76. The zero-order chi connectivity index (χ0) is 21.9. The van der Waals surface area contributed by atoms with Gasteiger partial charge in [-0.1, -0.05) is 30.3 Å². The minimum absolute atomic E-state index is 0.00475. The Bertz CT molecular complexity index is 1060. The van der Waals surface area contributed by atoms with E-state index in [9.17, 15) is 4.79 Å². The number of amides is 1. The van der Waals surface area contributed by atoms with E-state index in [1.807, 2.05) is 11.1 Å². The Morgan fingerprint density at radius 2 is 1.78 bits per heavy atom. The van der Waals surface area contributed by atoms with Gasteiger partial charge in [-0.3, -0.25) is 14.1 Å². The second-order valence-electron chi connectivity index (χ2n) is 9.14. The SMILES string of the molecule is CN1CCCN(C(=O)c2ncn3c(C4CCN(Cc5ccccc5)CC4)ccnc23)CC1. The van der Waals surface area contributed by atoms with Gasteiger partial charge in [0.1, 0.15) is 6.33 Å². The minimum Gasteiger partial charge on any atom is -0.336 e. The monoisotopic (exact) mass is 432 g/mol. The first kappa shape index (κ1) is 21.1. The fraction of sp³-hybridized carbons (Fsp3) is 0.480. The molecule has 0 radical (unpaired) electrons. The molecule has 0 bridgehead atoms. The van der Waals surface area contributed by atoms with Crippen LogP contribution in [0.3, 0.4) is 0 Å². The molecule has 0 saturated carbocycles. The van der Waals surface area contributed by atoms with Gasteiger partial charge in [0.05, 0.1) is 0 Å². The maximum atomic E-state index is 13.2. The molecule has 3 aromatic rings. The lowest BCUT2D eigenvalue weighted by Crippen LogP contribution is -2.35. The van der Waals surface area contributed by atoms with Gasteiger partial charge in [0.25, 0.3) is 5.91 Å². The molecule has 2 aromatic heterocycles. The smallest absolute Gasteiger partial charge is 0.276 e. The molecule has 168 valence electrons. The van der Waals surface area contributed by atoms with Gasteiger partial charge in [-0.25, -0.2) is 9.97 Å². The Hall–Kier alpha value is -2.77. The van der Waals surface area contributed by atoms with Crippen molar-refractivity contribution >= 4 is 11.6 Å². The van der Waals surface area contributed by atoms with Crippen LogP contribution >= 0.6 is 0 Å². The topological polar surface area (TPSA) is 57.0 Å². The number of carbonyl (C=O) groups is 1. The maximum Gasteiger partial charge on any atom is 0.276 e. The lowest BCUT2D eigenvalue weighted by atomic mass is 9.93. The van der Waals surface area contributed by atoms with Crippen LogP contribution in [0.2, 0.25) is 0 Å². The summed E-state index contributed by atoms with van der Waals surface area (Å²) in [5, 5.41) is 0. The average molecular weight is 433 g/mol. The normalized spacial score (nSPS) is 19.3. The number of hydrogen-bond acceptors (Lipinski definition) is 5. The highest BCUT2D eigenvalue weighted by molar-refractivity contribution is 5.98. The number of hydrogen-bond donors (Lipinski definition) is 0. The van der Waals surface area contributed by atoms with Gasteiger partial charge in [0.2, 0.25) is 0 Å². The second-order valence-corrected chi connectivity index (χ2v) is 9.14. The lowest BCUT2D eigenvalue weighted by Gasteiger charge is -2.32. The third kappa shape index (κ3) is 4.40. The Morgan fingerprint density at radius 1 is 0.969 bits per heavy atom. The number of benzene rings is 1. The summed E-state index contributed by atoms with van der Waals surface area (Å²) in [5.74, 6) is 0.460. The van der Waals surface area contributed by atoms with Gasteiger partial charge in [-0.2, -0.15) is 0 Å². The van der Waals surface area contributed by atoms with Gasteiger partial charge in [-0.05, 0) is 57.6 Å². The van der Waals surface area contributed by atoms with Crippen LogP contribution in [0.1, 0.15) is 46.9 Å². The maximum absolute atomic E-state index is 13.2. The van der Waals surface area contributed by atoms with Gasteiger partial charge in [0, 0.05) is 44.0 Å². The predicted molar refractivity (Wildman–Crippen MR) is 125 cm³/mol. The fourth-order valence-electron chi connectivity index (χ4n) is 5.03. The van der Waals surface area contributed by atoms with Crippen molar-refractivity contribution in [1.82, 2.24) is 29.1 Å². The standard InChI is InChI=1S/C25H32N6O/c1-28-12-5-13-30(17-16-28)25(32)23-24-26-11-8-22(31(24)19-27-23)21-9-14-29(15-10-21)18-20-6-3-2-4-7-20/h2-4,6-8,11,19,21H,5,9-10,12-18H2,1H3.